The Morgan fingerprint density at radius 2 is 2.35 bits per heavy atom. The van der Waals surface area contributed by atoms with Crippen molar-refractivity contribution < 1.29 is 13.9 Å². The number of hydrogen-bond donors (Lipinski definition) is 2. The summed E-state index contributed by atoms with van der Waals surface area (Å²) in [4.78, 5) is 15.3. The number of rotatable bonds is 3. The number of nitrogens with two attached hydrogens (primary N) is 1. The fourth-order valence-corrected chi connectivity index (χ4v) is 1.77. The highest BCUT2D eigenvalue weighted by molar-refractivity contribution is 5.95. The summed E-state index contributed by atoms with van der Waals surface area (Å²) in [5.41, 5.74) is 5.22. The minimum absolute atomic E-state index is 0.0428. The van der Waals surface area contributed by atoms with E-state index in [1.165, 1.54) is 12.3 Å². The summed E-state index contributed by atoms with van der Waals surface area (Å²) in [7, 11) is 1.63. The van der Waals surface area contributed by atoms with E-state index in [2.05, 4.69) is 10.3 Å². The summed E-state index contributed by atoms with van der Waals surface area (Å²) in [6, 6.07) is 1.36. The molecule has 3 N–H and O–H groups in total. The second-order valence-corrected chi connectivity index (χ2v) is 4.06. The smallest absolute Gasteiger partial charge is 0.254 e. The number of methoxy groups -OCH3 is 1. The molecule has 0 unspecified atom stereocenters. The lowest BCUT2D eigenvalue weighted by atomic mass is 9.89. The van der Waals surface area contributed by atoms with Crippen molar-refractivity contribution in [2.45, 2.75) is 25.0 Å². The number of ether oxygens (including phenoxy) is 1. The van der Waals surface area contributed by atoms with E-state index in [1.54, 1.807) is 7.11 Å². The molecule has 0 spiro atoms. The van der Waals surface area contributed by atoms with Gasteiger partial charge in [-0.15, -0.1) is 0 Å². The van der Waals surface area contributed by atoms with Crippen LogP contribution in [0.4, 0.5) is 10.2 Å². The first-order chi connectivity index (χ1) is 8.11. The van der Waals surface area contributed by atoms with E-state index in [0.717, 1.165) is 12.8 Å². The summed E-state index contributed by atoms with van der Waals surface area (Å²) in [6.07, 6.45) is 3.01. The number of nitrogens with zero attached hydrogens (tertiary/aromatic N) is 1. The zero-order chi connectivity index (χ0) is 12.4. The molecule has 1 fully saturated rings. The van der Waals surface area contributed by atoms with Crippen LogP contribution in [0.1, 0.15) is 23.2 Å². The normalized spacial score (nSPS) is 22.9. The summed E-state index contributed by atoms with van der Waals surface area (Å²) < 4.78 is 18.6. The van der Waals surface area contributed by atoms with Crippen LogP contribution in [0.2, 0.25) is 0 Å². The van der Waals surface area contributed by atoms with Crippen LogP contribution in [0.15, 0.2) is 12.3 Å². The molecule has 5 nitrogen and oxygen atoms in total. The maximum Gasteiger partial charge on any atom is 0.254 e. The van der Waals surface area contributed by atoms with Crippen molar-refractivity contribution in [3.8, 4) is 0 Å². The van der Waals surface area contributed by atoms with Crippen LogP contribution in [-0.4, -0.2) is 30.1 Å². The Hall–Kier alpha value is -1.69. The highest BCUT2D eigenvalue weighted by atomic mass is 19.1. The van der Waals surface area contributed by atoms with Gasteiger partial charge in [0, 0.05) is 19.3 Å². The van der Waals surface area contributed by atoms with E-state index in [9.17, 15) is 9.18 Å². The molecule has 0 bridgehead atoms. The number of carbonyl (C=O) groups excluding carboxylic acids is 1. The summed E-state index contributed by atoms with van der Waals surface area (Å²) in [5, 5.41) is 2.72. The molecular formula is C11H14FN3O2. The largest absolute Gasteiger partial charge is 0.381 e. The fourth-order valence-electron chi connectivity index (χ4n) is 1.77. The second-order valence-electron chi connectivity index (χ2n) is 4.06. The average molecular weight is 239 g/mol. The molecule has 1 heterocycles. The van der Waals surface area contributed by atoms with E-state index in [1.807, 2.05) is 0 Å². The monoisotopic (exact) mass is 239 g/mol. The fraction of sp³-hybridized carbons (Fsp3) is 0.455. The van der Waals surface area contributed by atoms with E-state index in [-0.39, 0.29) is 23.5 Å². The number of nitrogen functional groups attached to an aromatic ring is 1. The molecule has 1 aromatic heterocycles. The van der Waals surface area contributed by atoms with Crippen LogP contribution < -0.4 is 11.1 Å². The topological polar surface area (TPSA) is 77.2 Å². The van der Waals surface area contributed by atoms with E-state index >= 15 is 0 Å². The van der Waals surface area contributed by atoms with Crippen LogP contribution in [0.25, 0.3) is 0 Å². The van der Waals surface area contributed by atoms with Gasteiger partial charge in [-0.25, -0.2) is 9.37 Å². The first kappa shape index (κ1) is 11.8. The summed E-state index contributed by atoms with van der Waals surface area (Å²) in [5.74, 6) is -1.50. The summed E-state index contributed by atoms with van der Waals surface area (Å²) >= 11 is 0. The van der Waals surface area contributed by atoms with Gasteiger partial charge in [-0.3, -0.25) is 4.79 Å². The third-order valence-electron chi connectivity index (χ3n) is 2.92. The molecule has 0 aliphatic heterocycles. The van der Waals surface area contributed by atoms with Crippen LogP contribution in [0.5, 0.6) is 0 Å². The Labute approximate surface area is 98.2 Å². The second kappa shape index (κ2) is 4.67. The molecule has 0 radical (unpaired) electrons. The van der Waals surface area contributed by atoms with Gasteiger partial charge >= 0.3 is 0 Å². The SMILES string of the molecule is COC1CC(NC(=O)c2ccnc(N)c2F)C1. The van der Waals surface area contributed by atoms with Crippen LogP contribution in [0.3, 0.4) is 0 Å². The number of hydrogen-bond acceptors (Lipinski definition) is 4. The Morgan fingerprint density at radius 3 is 3.00 bits per heavy atom. The van der Waals surface area contributed by atoms with Crippen LogP contribution in [-0.2, 0) is 4.74 Å². The summed E-state index contributed by atoms with van der Waals surface area (Å²) in [6.45, 7) is 0. The lowest BCUT2D eigenvalue weighted by Gasteiger charge is -2.34. The van der Waals surface area contributed by atoms with Gasteiger partial charge in [-0.1, -0.05) is 0 Å². The van der Waals surface area contributed by atoms with E-state index < -0.39 is 11.7 Å². The molecule has 2 rings (SSSR count). The minimum Gasteiger partial charge on any atom is -0.381 e. The predicted octanol–water partition coefficient (Wildman–Crippen LogP) is 0.710. The quantitative estimate of drug-likeness (QED) is 0.814. The van der Waals surface area contributed by atoms with Crippen molar-refractivity contribution in [1.82, 2.24) is 10.3 Å². The number of amides is 1. The molecule has 1 amide bonds. The molecule has 1 aliphatic carbocycles. The van der Waals surface area contributed by atoms with Gasteiger partial charge in [0.15, 0.2) is 11.6 Å². The van der Waals surface area contributed by atoms with Gasteiger partial charge in [0.1, 0.15) is 0 Å². The molecule has 1 aromatic rings. The number of carbonyl (C=O) groups is 1. The standard InChI is InChI=1S/C11H14FN3O2/c1-17-7-4-6(5-7)15-11(16)8-2-3-14-10(13)9(8)12/h2-3,6-7H,4-5H2,1H3,(H2,13,14)(H,15,16). The third-order valence-corrected chi connectivity index (χ3v) is 2.92. The Balaban J connectivity index is 1.99. The predicted molar refractivity (Wildman–Crippen MR) is 59.9 cm³/mol. The first-order valence-electron chi connectivity index (χ1n) is 5.35. The van der Waals surface area contributed by atoms with Gasteiger partial charge in [0.25, 0.3) is 5.91 Å². The molecule has 0 saturated heterocycles. The first-order valence-corrected chi connectivity index (χ1v) is 5.35. The van der Waals surface area contributed by atoms with Gasteiger partial charge in [-0.05, 0) is 18.9 Å². The maximum absolute atomic E-state index is 13.5. The van der Waals surface area contributed by atoms with Crippen molar-refractivity contribution in [3.63, 3.8) is 0 Å². The van der Waals surface area contributed by atoms with Crippen molar-refractivity contribution in [1.29, 1.82) is 0 Å². The van der Waals surface area contributed by atoms with Crippen LogP contribution in [0, 0.1) is 5.82 Å². The molecule has 17 heavy (non-hydrogen) atoms. The lowest BCUT2D eigenvalue weighted by Crippen LogP contribution is -2.47. The van der Waals surface area contributed by atoms with Crippen LogP contribution >= 0.6 is 0 Å². The molecule has 0 aromatic carbocycles. The van der Waals surface area contributed by atoms with Crippen molar-refractivity contribution in [2.24, 2.45) is 0 Å². The molecule has 92 valence electrons. The highest BCUT2D eigenvalue weighted by Crippen LogP contribution is 2.23. The van der Waals surface area contributed by atoms with Gasteiger partial charge in [0.2, 0.25) is 0 Å². The van der Waals surface area contributed by atoms with Gasteiger partial charge in [-0.2, -0.15) is 0 Å². The van der Waals surface area contributed by atoms with E-state index in [0.29, 0.717) is 0 Å². The molecule has 0 atom stereocenters. The van der Waals surface area contributed by atoms with Gasteiger partial charge in [0.05, 0.1) is 11.7 Å². The molecule has 1 aliphatic rings. The lowest BCUT2D eigenvalue weighted by molar-refractivity contribution is 0.0175. The van der Waals surface area contributed by atoms with Crippen molar-refractivity contribution in [3.05, 3.63) is 23.6 Å². The molecular weight excluding hydrogens is 225 g/mol. The molecule has 6 heteroatoms. The minimum atomic E-state index is -0.771. The third kappa shape index (κ3) is 2.36. The zero-order valence-electron chi connectivity index (χ0n) is 9.44. The Morgan fingerprint density at radius 1 is 1.65 bits per heavy atom. The van der Waals surface area contributed by atoms with E-state index in [4.69, 9.17) is 10.5 Å². The maximum atomic E-state index is 13.5. The Bertz CT molecular complexity index is 433. The number of pyridine rings is 1. The number of halogens is 1. The zero-order valence-corrected chi connectivity index (χ0v) is 9.44. The van der Waals surface area contributed by atoms with Gasteiger partial charge < -0.3 is 15.8 Å². The average Bonchev–Trinajstić information content (AvgIpc) is 2.26. The van der Waals surface area contributed by atoms with Crippen molar-refractivity contribution in [2.75, 3.05) is 12.8 Å². The number of anilines is 1. The Kier molecular flexibility index (Phi) is 3.23. The molecule has 1 saturated carbocycles. The van der Waals surface area contributed by atoms with Crippen molar-refractivity contribution >= 4 is 11.7 Å². The number of nitrogens with one attached hydrogen (secondary N) is 1. The highest BCUT2D eigenvalue weighted by Gasteiger charge is 2.30. The number of aromatic nitrogens is 1.